The van der Waals surface area contributed by atoms with Crippen LogP contribution in [0.1, 0.15) is 32.1 Å². The lowest BCUT2D eigenvalue weighted by atomic mass is 9.89. The van der Waals surface area contributed by atoms with Crippen LogP contribution in [0, 0.1) is 0 Å². The third-order valence-electron chi connectivity index (χ3n) is 3.63. The Morgan fingerprint density at radius 3 is 2.50 bits per heavy atom. The van der Waals surface area contributed by atoms with E-state index in [1.54, 1.807) is 0 Å². The van der Waals surface area contributed by atoms with Crippen LogP contribution in [0.3, 0.4) is 0 Å². The second-order valence-electron chi connectivity index (χ2n) is 5.26. The molecule has 8 heteroatoms. The van der Waals surface area contributed by atoms with Gasteiger partial charge < -0.3 is 19.9 Å². The van der Waals surface area contributed by atoms with Crippen molar-refractivity contribution in [1.29, 1.82) is 0 Å². The molecule has 0 aromatic rings. The third-order valence-corrected chi connectivity index (χ3v) is 3.63. The zero-order valence-electron chi connectivity index (χ0n) is 10.9. The summed E-state index contributed by atoms with van der Waals surface area (Å²) in [4.78, 5) is 10.6. The number of nitrogens with one attached hydrogen (secondary N) is 1. The fourth-order valence-electron chi connectivity index (χ4n) is 2.72. The molecule has 2 N–H and O–H groups in total. The Labute approximate surface area is 114 Å². The van der Waals surface area contributed by atoms with Gasteiger partial charge in [0.1, 0.15) is 6.04 Å². The van der Waals surface area contributed by atoms with Gasteiger partial charge in [0.25, 0.3) is 0 Å². The lowest BCUT2D eigenvalue weighted by Crippen LogP contribution is -2.61. The molecule has 116 valence electrons. The van der Waals surface area contributed by atoms with E-state index in [1.165, 1.54) is 0 Å². The van der Waals surface area contributed by atoms with E-state index in [-0.39, 0.29) is 25.7 Å². The molecule has 0 aromatic heterocycles. The number of piperidine rings is 1. The van der Waals surface area contributed by atoms with E-state index >= 15 is 0 Å². The molecular formula is C12H18F3NO4. The highest BCUT2D eigenvalue weighted by molar-refractivity contribution is 5.66. The summed E-state index contributed by atoms with van der Waals surface area (Å²) in [6.45, 7) is 0.743. The van der Waals surface area contributed by atoms with E-state index in [0.29, 0.717) is 19.6 Å². The molecule has 2 fully saturated rings. The summed E-state index contributed by atoms with van der Waals surface area (Å²) in [5.41, 5.74) is 0. The van der Waals surface area contributed by atoms with Crippen LogP contribution >= 0.6 is 0 Å². The predicted octanol–water partition coefficient (Wildman–Crippen LogP) is 1.67. The molecule has 0 radical (unpaired) electrons. The van der Waals surface area contributed by atoms with E-state index < -0.39 is 30.0 Å². The molecular weight excluding hydrogens is 279 g/mol. The molecule has 2 saturated heterocycles. The quantitative estimate of drug-likeness (QED) is 0.829. The van der Waals surface area contributed by atoms with Gasteiger partial charge in [-0.05, 0) is 12.8 Å². The number of carbonyl (C=O) groups is 1. The van der Waals surface area contributed by atoms with Crippen molar-refractivity contribution in [3.63, 3.8) is 0 Å². The highest BCUT2D eigenvalue weighted by Crippen LogP contribution is 2.38. The highest BCUT2D eigenvalue weighted by atomic mass is 19.4. The first-order valence-corrected chi connectivity index (χ1v) is 6.63. The van der Waals surface area contributed by atoms with Gasteiger partial charge in [-0.15, -0.1) is 0 Å². The summed E-state index contributed by atoms with van der Waals surface area (Å²) in [6, 6.07) is -2.31. The summed E-state index contributed by atoms with van der Waals surface area (Å²) in [5, 5.41) is 11.1. The number of alkyl halides is 3. The van der Waals surface area contributed by atoms with Gasteiger partial charge in [0.2, 0.25) is 0 Å². The van der Waals surface area contributed by atoms with Crippen LogP contribution in [0.5, 0.6) is 0 Å². The number of rotatable bonds is 3. The van der Waals surface area contributed by atoms with Gasteiger partial charge in [-0.1, -0.05) is 0 Å². The van der Waals surface area contributed by atoms with Crippen LogP contribution in [-0.2, 0) is 14.3 Å². The minimum Gasteiger partial charge on any atom is -0.481 e. The van der Waals surface area contributed by atoms with Crippen molar-refractivity contribution in [3.8, 4) is 0 Å². The Bertz CT molecular complexity index is 355. The summed E-state index contributed by atoms with van der Waals surface area (Å²) in [7, 11) is 0. The van der Waals surface area contributed by atoms with Crippen LogP contribution in [0.15, 0.2) is 0 Å². The number of aliphatic carboxylic acids is 1. The molecule has 2 aliphatic heterocycles. The average Bonchev–Trinajstić information content (AvgIpc) is 2.36. The molecule has 2 aliphatic rings. The molecule has 0 bridgehead atoms. The lowest BCUT2D eigenvalue weighted by Gasteiger charge is -2.46. The Morgan fingerprint density at radius 2 is 1.95 bits per heavy atom. The van der Waals surface area contributed by atoms with Crippen molar-refractivity contribution < 1.29 is 32.5 Å². The maximum Gasteiger partial charge on any atom is 0.404 e. The van der Waals surface area contributed by atoms with Crippen LogP contribution < -0.4 is 5.32 Å². The van der Waals surface area contributed by atoms with Crippen molar-refractivity contribution in [3.05, 3.63) is 0 Å². The number of carboxylic acids is 1. The number of hydrogen-bond acceptors (Lipinski definition) is 4. The Balaban J connectivity index is 2.07. The van der Waals surface area contributed by atoms with Crippen LogP contribution in [0.25, 0.3) is 0 Å². The normalized spacial score (nSPS) is 30.4. The third kappa shape index (κ3) is 3.83. The summed E-state index contributed by atoms with van der Waals surface area (Å²) in [6.07, 6.45) is -3.85. The molecule has 2 rings (SSSR count). The second kappa shape index (κ2) is 5.87. The summed E-state index contributed by atoms with van der Waals surface area (Å²) < 4.78 is 49.8. The highest BCUT2D eigenvalue weighted by Gasteiger charge is 2.52. The van der Waals surface area contributed by atoms with Gasteiger partial charge in [0.15, 0.2) is 5.79 Å². The molecule has 0 aromatic carbocycles. The molecule has 2 atom stereocenters. The first-order chi connectivity index (χ1) is 9.31. The van der Waals surface area contributed by atoms with Crippen LogP contribution in [0.4, 0.5) is 13.2 Å². The predicted molar refractivity (Wildman–Crippen MR) is 62.1 cm³/mol. The Kier molecular flexibility index (Phi) is 4.55. The first kappa shape index (κ1) is 15.5. The Hall–Kier alpha value is -0.860. The molecule has 0 aliphatic carbocycles. The largest absolute Gasteiger partial charge is 0.481 e. The first-order valence-electron chi connectivity index (χ1n) is 6.63. The van der Waals surface area contributed by atoms with Gasteiger partial charge >= 0.3 is 12.1 Å². The summed E-state index contributed by atoms with van der Waals surface area (Å²) >= 11 is 0. The van der Waals surface area contributed by atoms with Crippen molar-refractivity contribution in [1.82, 2.24) is 5.32 Å². The molecule has 2 unspecified atom stereocenters. The van der Waals surface area contributed by atoms with Crippen molar-refractivity contribution in [2.24, 2.45) is 0 Å². The van der Waals surface area contributed by atoms with Gasteiger partial charge in [-0.2, -0.15) is 13.2 Å². The van der Waals surface area contributed by atoms with Crippen molar-refractivity contribution >= 4 is 5.97 Å². The molecule has 2 heterocycles. The maximum absolute atomic E-state index is 13.0. The standard InChI is InChI=1S/C12H18F3NO4/c13-12(14,15)9-7-11(19-4-1-5-20-11)6-8(16-9)2-3-10(17)18/h8-9,16H,1-7H2,(H,17,18). The summed E-state index contributed by atoms with van der Waals surface area (Å²) in [5.74, 6) is -2.26. The van der Waals surface area contributed by atoms with Crippen molar-refractivity contribution in [2.75, 3.05) is 13.2 Å². The maximum atomic E-state index is 13.0. The average molecular weight is 297 g/mol. The topological polar surface area (TPSA) is 67.8 Å². The van der Waals surface area contributed by atoms with E-state index in [1.807, 2.05) is 0 Å². The second-order valence-corrected chi connectivity index (χ2v) is 5.26. The van der Waals surface area contributed by atoms with Gasteiger partial charge in [0.05, 0.1) is 13.2 Å². The SMILES string of the molecule is O=C(O)CCC1CC2(CC(C(F)(F)F)N1)OCCCO2. The fourth-order valence-corrected chi connectivity index (χ4v) is 2.72. The van der Waals surface area contributed by atoms with Crippen LogP contribution in [-0.4, -0.2) is 48.3 Å². The lowest BCUT2D eigenvalue weighted by molar-refractivity contribution is -0.302. The molecule has 0 amide bonds. The van der Waals surface area contributed by atoms with E-state index in [2.05, 4.69) is 5.32 Å². The minimum atomic E-state index is -4.40. The van der Waals surface area contributed by atoms with E-state index in [9.17, 15) is 18.0 Å². The van der Waals surface area contributed by atoms with Crippen molar-refractivity contribution in [2.45, 2.75) is 56.2 Å². The van der Waals surface area contributed by atoms with Gasteiger partial charge in [-0.3, -0.25) is 4.79 Å². The number of ether oxygens (including phenoxy) is 2. The number of carboxylic acid groups (broad SMARTS) is 1. The monoisotopic (exact) mass is 297 g/mol. The molecule has 1 spiro atoms. The van der Waals surface area contributed by atoms with E-state index in [0.717, 1.165) is 0 Å². The minimum absolute atomic E-state index is 0.121. The molecule has 0 saturated carbocycles. The molecule has 5 nitrogen and oxygen atoms in total. The molecule has 20 heavy (non-hydrogen) atoms. The van der Waals surface area contributed by atoms with Gasteiger partial charge in [-0.25, -0.2) is 0 Å². The number of hydrogen-bond donors (Lipinski definition) is 2. The van der Waals surface area contributed by atoms with E-state index in [4.69, 9.17) is 14.6 Å². The van der Waals surface area contributed by atoms with Gasteiger partial charge in [0, 0.05) is 25.3 Å². The van der Waals surface area contributed by atoms with Crippen LogP contribution in [0.2, 0.25) is 0 Å². The number of halogens is 3. The zero-order valence-corrected chi connectivity index (χ0v) is 10.9. The Morgan fingerprint density at radius 1 is 1.30 bits per heavy atom. The fraction of sp³-hybridized carbons (Fsp3) is 0.917. The smallest absolute Gasteiger partial charge is 0.404 e. The zero-order chi connectivity index (χ0) is 14.8.